The van der Waals surface area contributed by atoms with Crippen molar-refractivity contribution in [1.29, 1.82) is 0 Å². The summed E-state index contributed by atoms with van der Waals surface area (Å²) in [5, 5.41) is 5.78. The third-order valence-electron chi connectivity index (χ3n) is 4.10. The number of benzene rings is 1. The SMILES string of the molecule is O=C1NC2(CCSC2)C(=O)NC1CCOCc1ccccc1. The van der Waals surface area contributed by atoms with Gasteiger partial charge in [0.25, 0.3) is 0 Å². The molecule has 118 valence electrons. The third-order valence-corrected chi connectivity index (χ3v) is 5.29. The van der Waals surface area contributed by atoms with Crippen molar-refractivity contribution in [3.05, 3.63) is 35.9 Å². The summed E-state index contributed by atoms with van der Waals surface area (Å²) in [4.78, 5) is 24.4. The number of rotatable bonds is 5. The lowest BCUT2D eigenvalue weighted by molar-refractivity contribution is -0.141. The maximum absolute atomic E-state index is 12.2. The van der Waals surface area contributed by atoms with Crippen LogP contribution in [0, 0.1) is 0 Å². The Hall–Kier alpha value is -1.53. The molecule has 2 N–H and O–H groups in total. The van der Waals surface area contributed by atoms with Gasteiger partial charge in [-0.05, 0) is 24.2 Å². The number of carbonyl (C=O) groups excluding carboxylic acids is 2. The molecule has 6 heteroatoms. The van der Waals surface area contributed by atoms with Gasteiger partial charge in [-0.1, -0.05) is 30.3 Å². The summed E-state index contributed by atoms with van der Waals surface area (Å²) in [6, 6.07) is 9.40. The van der Waals surface area contributed by atoms with Gasteiger partial charge in [0.2, 0.25) is 11.8 Å². The number of thioether (sulfide) groups is 1. The minimum Gasteiger partial charge on any atom is -0.377 e. The predicted molar refractivity (Wildman–Crippen MR) is 85.5 cm³/mol. The van der Waals surface area contributed by atoms with Gasteiger partial charge in [-0.2, -0.15) is 11.8 Å². The van der Waals surface area contributed by atoms with Crippen LogP contribution in [0.4, 0.5) is 0 Å². The Morgan fingerprint density at radius 2 is 2.09 bits per heavy atom. The molecular formula is C16H20N2O3S. The molecule has 0 bridgehead atoms. The van der Waals surface area contributed by atoms with Crippen molar-refractivity contribution in [3.8, 4) is 0 Å². The molecule has 2 atom stereocenters. The molecule has 2 aliphatic heterocycles. The first-order valence-electron chi connectivity index (χ1n) is 7.52. The second kappa shape index (κ2) is 6.71. The third kappa shape index (κ3) is 3.28. The van der Waals surface area contributed by atoms with E-state index in [4.69, 9.17) is 4.74 Å². The molecule has 2 unspecified atom stereocenters. The zero-order valence-electron chi connectivity index (χ0n) is 12.3. The maximum Gasteiger partial charge on any atom is 0.247 e. The molecule has 2 aliphatic rings. The summed E-state index contributed by atoms with van der Waals surface area (Å²) in [7, 11) is 0. The van der Waals surface area contributed by atoms with E-state index in [-0.39, 0.29) is 11.8 Å². The second-order valence-electron chi connectivity index (χ2n) is 5.73. The van der Waals surface area contributed by atoms with Gasteiger partial charge >= 0.3 is 0 Å². The number of nitrogens with one attached hydrogen (secondary N) is 2. The van der Waals surface area contributed by atoms with Gasteiger partial charge < -0.3 is 15.4 Å². The minimum atomic E-state index is -0.677. The summed E-state index contributed by atoms with van der Waals surface area (Å²) in [5.41, 5.74) is 0.421. The van der Waals surface area contributed by atoms with Crippen molar-refractivity contribution < 1.29 is 14.3 Å². The van der Waals surface area contributed by atoms with E-state index in [0.29, 0.717) is 31.8 Å². The van der Waals surface area contributed by atoms with Crippen molar-refractivity contribution in [3.63, 3.8) is 0 Å². The molecule has 2 amide bonds. The predicted octanol–water partition coefficient (Wildman–Crippen LogP) is 1.08. The Morgan fingerprint density at radius 1 is 1.27 bits per heavy atom. The Morgan fingerprint density at radius 3 is 2.82 bits per heavy atom. The molecule has 0 saturated carbocycles. The largest absolute Gasteiger partial charge is 0.377 e. The quantitative estimate of drug-likeness (QED) is 0.797. The fourth-order valence-electron chi connectivity index (χ4n) is 2.75. The molecule has 5 nitrogen and oxygen atoms in total. The second-order valence-corrected chi connectivity index (χ2v) is 6.83. The smallest absolute Gasteiger partial charge is 0.247 e. The fraction of sp³-hybridized carbons (Fsp3) is 0.500. The first-order valence-corrected chi connectivity index (χ1v) is 8.67. The van der Waals surface area contributed by atoms with Crippen LogP contribution < -0.4 is 10.6 Å². The summed E-state index contributed by atoms with van der Waals surface area (Å²) in [5.74, 6) is 1.44. The van der Waals surface area contributed by atoms with Crippen LogP contribution in [0.25, 0.3) is 0 Å². The van der Waals surface area contributed by atoms with Crippen LogP contribution in [0.3, 0.4) is 0 Å². The highest BCUT2D eigenvalue weighted by Gasteiger charge is 2.48. The highest BCUT2D eigenvalue weighted by molar-refractivity contribution is 7.99. The van der Waals surface area contributed by atoms with Crippen LogP contribution in [0.5, 0.6) is 0 Å². The number of ether oxygens (including phenoxy) is 1. The van der Waals surface area contributed by atoms with E-state index in [9.17, 15) is 9.59 Å². The number of carbonyl (C=O) groups is 2. The lowest BCUT2D eigenvalue weighted by Gasteiger charge is -2.36. The van der Waals surface area contributed by atoms with E-state index >= 15 is 0 Å². The van der Waals surface area contributed by atoms with Crippen molar-refractivity contribution in [1.82, 2.24) is 10.6 Å². The summed E-state index contributed by atoms with van der Waals surface area (Å²) in [6.45, 7) is 0.957. The maximum atomic E-state index is 12.2. The van der Waals surface area contributed by atoms with E-state index in [1.165, 1.54) is 0 Å². The first-order chi connectivity index (χ1) is 10.7. The van der Waals surface area contributed by atoms with Crippen LogP contribution >= 0.6 is 11.8 Å². The molecular weight excluding hydrogens is 300 g/mol. The van der Waals surface area contributed by atoms with E-state index in [1.807, 2.05) is 30.3 Å². The molecule has 3 rings (SSSR count). The molecule has 0 aromatic heterocycles. The molecule has 0 radical (unpaired) electrons. The topological polar surface area (TPSA) is 67.4 Å². The molecule has 1 aromatic rings. The van der Waals surface area contributed by atoms with Gasteiger partial charge in [0, 0.05) is 12.4 Å². The average molecular weight is 320 g/mol. The van der Waals surface area contributed by atoms with Crippen LogP contribution in [0.15, 0.2) is 30.3 Å². The van der Waals surface area contributed by atoms with Crippen molar-refractivity contribution in [2.75, 3.05) is 18.1 Å². The van der Waals surface area contributed by atoms with Crippen molar-refractivity contribution >= 4 is 23.6 Å². The summed E-state index contributed by atoms with van der Waals surface area (Å²) < 4.78 is 5.59. The number of hydrogen-bond donors (Lipinski definition) is 2. The average Bonchev–Trinajstić information content (AvgIpc) is 2.99. The van der Waals surface area contributed by atoms with Gasteiger partial charge in [0.05, 0.1) is 6.61 Å². The van der Waals surface area contributed by atoms with Crippen molar-refractivity contribution in [2.24, 2.45) is 0 Å². The molecule has 1 spiro atoms. The molecule has 2 heterocycles. The van der Waals surface area contributed by atoms with E-state index in [1.54, 1.807) is 11.8 Å². The molecule has 22 heavy (non-hydrogen) atoms. The van der Waals surface area contributed by atoms with Gasteiger partial charge in [0.15, 0.2) is 0 Å². The molecule has 2 fully saturated rings. The van der Waals surface area contributed by atoms with Crippen LogP contribution in [0.2, 0.25) is 0 Å². The van der Waals surface area contributed by atoms with E-state index in [2.05, 4.69) is 10.6 Å². The highest BCUT2D eigenvalue weighted by atomic mass is 32.2. The standard InChI is InChI=1S/C16H20N2O3S/c19-14-13(6-8-21-10-12-4-2-1-3-5-12)17-15(20)16(18-14)7-9-22-11-16/h1-5,13H,6-11H2,(H,17,20)(H,18,19). The lowest BCUT2D eigenvalue weighted by atomic mass is 9.93. The normalized spacial score (nSPS) is 27.7. The van der Waals surface area contributed by atoms with Crippen LogP contribution in [-0.4, -0.2) is 41.5 Å². The Labute approximate surface area is 134 Å². The van der Waals surface area contributed by atoms with Gasteiger partial charge in [-0.3, -0.25) is 9.59 Å². The zero-order valence-corrected chi connectivity index (χ0v) is 13.2. The zero-order chi connectivity index (χ0) is 15.4. The Bertz CT molecular complexity index is 544. The van der Waals surface area contributed by atoms with E-state index < -0.39 is 11.6 Å². The summed E-state index contributed by atoms with van der Waals surface area (Å²) in [6.07, 6.45) is 1.21. The molecule has 0 aliphatic carbocycles. The first kappa shape index (κ1) is 15.4. The van der Waals surface area contributed by atoms with E-state index in [0.717, 1.165) is 11.3 Å². The molecule has 2 saturated heterocycles. The van der Waals surface area contributed by atoms with Gasteiger partial charge in [0.1, 0.15) is 11.6 Å². The van der Waals surface area contributed by atoms with Crippen LogP contribution in [0.1, 0.15) is 18.4 Å². The Kier molecular flexibility index (Phi) is 4.69. The Balaban J connectivity index is 1.45. The molecule has 1 aromatic carbocycles. The number of piperazine rings is 1. The van der Waals surface area contributed by atoms with Gasteiger partial charge in [-0.25, -0.2) is 0 Å². The lowest BCUT2D eigenvalue weighted by Crippen LogP contribution is -2.69. The summed E-state index contributed by atoms with van der Waals surface area (Å²) >= 11 is 1.71. The van der Waals surface area contributed by atoms with Gasteiger partial charge in [-0.15, -0.1) is 0 Å². The monoisotopic (exact) mass is 320 g/mol. The highest BCUT2D eigenvalue weighted by Crippen LogP contribution is 2.30. The fourth-order valence-corrected chi connectivity index (χ4v) is 4.09. The van der Waals surface area contributed by atoms with Crippen molar-refractivity contribution in [2.45, 2.75) is 31.0 Å². The minimum absolute atomic E-state index is 0.0508. The van der Waals surface area contributed by atoms with Crippen LogP contribution in [-0.2, 0) is 20.9 Å². The number of amides is 2. The number of hydrogen-bond acceptors (Lipinski definition) is 4.